The first-order valence-corrected chi connectivity index (χ1v) is 15.1. The third-order valence-corrected chi connectivity index (χ3v) is 10.2. The molecule has 1 unspecified atom stereocenters. The van der Waals surface area contributed by atoms with Gasteiger partial charge >= 0.3 is 7.37 Å². The van der Waals surface area contributed by atoms with Crippen molar-refractivity contribution >= 4 is 18.0 Å². The Morgan fingerprint density at radius 2 is 1.22 bits per heavy atom. The Morgan fingerprint density at radius 3 is 1.78 bits per heavy atom. The van der Waals surface area contributed by atoms with E-state index >= 15 is 0 Å². The van der Waals surface area contributed by atoms with E-state index in [1.54, 1.807) is 21.3 Å². The zero-order valence-electron chi connectivity index (χ0n) is 23.8. The highest BCUT2D eigenvalue weighted by atomic mass is 31.2. The van der Waals surface area contributed by atoms with E-state index in [0.29, 0.717) is 29.3 Å². The molecule has 0 saturated heterocycles. The van der Waals surface area contributed by atoms with Crippen molar-refractivity contribution < 1.29 is 27.7 Å². The molecule has 4 aromatic carbocycles. The average molecular weight is 576 g/mol. The van der Waals surface area contributed by atoms with Gasteiger partial charge in [0.05, 0.1) is 39.1 Å². The zero-order chi connectivity index (χ0) is 29.0. The maximum absolute atomic E-state index is 14.7. The minimum Gasteiger partial charge on any atom is -0.493 e. The van der Waals surface area contributed by atoms with Crippen molar-refractivity contribution in [2.75, 3.05) is 35.1 Å². The van der Waals surface area contributed by atoms with E-state index in [2.05, 4.69) is 29.2 Å². The standard InChI is InChI=1S/C32H32NO5P.CH3F/c1-35-29-18-23-16-28-27-20-32(38-39(34,25-10-6-4-7-11-25)26-12-8-5-9-13-26)31(37-3)17-22(27)14-15-33(28)21-24(23)19-30(29)36-2;1-2/h4-13,17-20,28H,14-16,21H2,1-3H3;1H3. The van der Waals surface area contributed by atoms with Gasteiger partial charge < -0.3 is 18.7 Å². The Kier molecular flexibility index (Phi) is 8.67. The normalized spacial score (nSPS) is 15.8. The van der Waals surface area contributed by atoms with Crippen molar-refractivity contribution in [2.24, 2.45) is 0 Å². The predicted octanol–water partition coefficient (Wildman–Crippen LogP) is 6.26. The lowest BCUT2D eigenvalue weighted by atomic mass is 9.83. The number of alkyl halides is 1. The van der Waals surface area contributed by atoms with Crippen LogP contribution >= 0.6 is 7.37 Å². The van der Waals surface area contributed by atoms with Crippen molar-refractivity contribution in [2.45, 2.75) is 25.4 Å². The van der Waals surface area contributed by atoms with Crippen molar-refractivity contribution in [3.8, 4) is 23.0 Å². The van der Waals surface area contributed by atoms with Gasteiger partial charge in [0, 0.05) is 19.1 Å². The van der Waals surface area contributed by atoms with E-state index < -0.39 is 7.37 Å². The summed E-state index contributed by atoms with van der Waals surface area (Å²) in [5, 5.41) is 1.29. The molecule has 0 spiro atoms. The lowest BCUT2D eigenvalue weighted by molar-refractivity contribution is 0.160. The lowest BCUT2D eigenvalue weighted by Crippen LogP contribution is -2.39. The summed E-state index contributed by atoms with van der Waals surface area (Å²) < 4.78 is 47.7. The van der Waals surface area contributed by atoms with Gasteiger partial charge in [-0.25, -0.2) is 0 Å². The fraction of sp³-hybridized carbons (Fsp3) is 0.273. The smallest absolute Gasteiger partial charge is 0.306 e. The van der Waals surface area contributed by atoms with Gasteiger partial charge in [-0.3, -0.25) is 13.9 Å². The van der Waals surface area contributed by atoms with Crippen LogP contribution < -0.4 is 29.3 Å². The second-order valence-electron chi connectivity index (χ2n) is 9.93. The first-order valence-electron chi connectivity index (χ1n) is 13.5. The molecule has 0 amide bonds. The molecule has 2 aliphatic rings. The molecule has 6 rings (SSSR count). The zero-order valence-corrected chi connectivity index (χ0v) is 24.7. The van der Waals surface area contributed by atoms with Gasteiger partial charge in [-0.1, -0.05) is 36.4 Å². The molecule has 0 saturated carbocycles. The van der Waals surface area contributed by atoms with Crippen LogP contribution in [-0.2, 0) is 24.0 Å². The highest BCUT2D eigenvalue weighted by Gasteiger charge is 2.36. The number of fused-ring (bicyclic) bond motifs is 4. The van der Waals surface area contributed by atoms with E-state index in [1.807, 2.05) is 60.7 Å². The third kappa shape index (κ3) is 5.44. The highest BCUT2D eigenvalue weighted by Crippen LogP contribution is 2.50. The van der Waals surface area contributed by atoms with Gasteiger partial charge in [0.25, 0.3) is 0 Å². The number of rotatable bonds is 7. The monoisotopic (exact) mass is 575 g/mol. The second-order valence-corrected chi connectivity index (χ2v) is 12.3. The molecule has 0 N–H and O–H groups in total. The summed E-state index contributed by atoms with van der Waals surface area (Å²) in [6.45, 7) is 1.77. The molecule has 41 heavy (non-hydrogen) atoms. The number of ether oxygens (including phenoxy) is 3. The van der Waals surface area contributed by atoms with Crippen LogP contribution in [-0.4, -0.2) is 40.0 Å². The van der Waals surface area contributed by atoms with E-state index in [1.165, 1.54) is 22.3 Å². The Bertz CT molecular complexity index is 1500. The Morgan fingerprint density at radius 1 is 0.707 bits per heavy atom. The first kappa shape index (κ1) is 28.7. The van der Waals surface area contributed by atoms with Crippen molar-refractivity contribution in [1.29, 1.82) is 0 Å². The highest BCUT2D eigenvalue weighted by molar-refractivity contribution is 7.74. The minimum atomic E-state index is -3.46. The molecule has 2 aliphatic heterocycles. The molecule has 0 aromatic heterocycles. The van der Waals surface area contributed by atoms with Crippen molar-refractivity contribution in [3.63, 3.8) is 0 Å². The molecule has 0 fully saturated rings. The van der Waals surface area contributed by atoms with Crippen LogP contribution in [0.4, 0.5) is 4.39 Å². The van der Waals surface area contributed by atoms with Crippen LogP contribution in [0.15, 0.2) is 84.9 Å². The number of nitrogens with zero attached hydrogens (tertiary/aromatic N) is 1. The van der Waals surface area contributed by atoms with Gasteiger partial charge in [0.1, 0.15) is 0 Å². The number of hydrogen-bond acceptors (Lipinski definition) is 6. The molecule has 1 atom stereocenters. The summed E-state index contributed by atoms with van der Waals surface area (Å²) in [4.78, 5) is 2.50. The Hall–Kier alpha value is -3.80. The molecule has 0 bridgehead atoms. The summed E-state index contributed by atoms with van der Waals surface area (Å²) in [6.07, 6.45) is 1.74. The van der Waals surface area contributed by atoms with E-state index in [9.17, 15) is 8.96 Å². The number of methoxy groups -OCH3 is 3. The Balaban J connectivity index is 0.00000165. The average Bonchev–Trinajstić information content (AvgIpc) is 3.04. The fourth-order valence-corrected chi connectivity index (χ4v) is 7.85. The molecule has 4 aromatic rings. The van der Waals surface area contributed by atoms with E-state index in [0.717, 1.165) is 37.4 Å². The summed E-state index contributed by atoms with van der Waals surface area (Å²) in [5.41, 5.74) is 4.93. The summed E-state index contributed by atoms with van der Waals surface area (Å²) in [5.74, 6) is 2.58. The molecule has 2 heterocycles. The number of hydrogen-bond donors (Lipinski definition) is 0. The van der Waals surface area contributed by atoms with Crippen LogP contribution in [0, 0.1) is 0 Å². The summed E-state index contributed by atoms with van der Waals surface area (Å²) in [6, 6.07) is 27.3. The van der Waals surface area contributed by atoms with Gasteiger partial charge in [0.2, 0.25) is 0 Å². The Labute approximate surface area is 241 Å². The van der Waals surface area contributed by atoms with Gasteiger partial charge in [-0.05, 0) is 83.6 Å². The summed E-state index contributed by atoms with van der Waals surface area (Å²) in [7, 11) is 2.02. The van der Waals surface area contributed by atoms with E-state index in [-0.39, 0.29) is 6.04 Å². The molecule has 214 valence electrons. The predicted molar refractivity (Wildman–Crippen MR) is 161 cm³/mol. The van der Waals surface area contributed by atoms with Crippen LogP contribution in [0.5, 0.6) is 23.0 Å². The third-order valence-electron chi connectivity index (χ3n) is 7.81. The topological polar surface area (TPSA) is 57.2 Å². The molecular weight excluding hydrogens is 540 g/mol. The molecule has 8 heteroatoms. The van der Waals surface area contributed by atoms with Crippen LogP contribution in [0.3, 0.4) is 0 Å². The maximum atomic E-state index is 14.7. The van der Waals surface area contributed by atoms with Crippen LogP contribution in [0.25, 0.3) is 0 Å². The maximum Gasteiger partial charge on any atom is 0.306 e. The van der Waals surface area contributed by atoms with Gasteiger partial charge in [-0.15, -0.1) is 0 Å². The molecule has 6 nitrogen and oxygen atoms in total. The second kappa shape index (κ2) is 12.4. The van der Waals surface area contributed by atoms with Crippen molar-refractivity contribution in [3.05, 3.63) is 107 Å². The quantitative estimate of drug-likeness (QED) is 0.243. The lowest BCUT2D eigenvalue weighted by Gasteiger charge is -2.42. The molecule has 0 aliphatic carbocycles. The van der Waals surface area contributed by atoms with Gasteiger partial charge in [-0.2, -0.15) is 0 Å². The van der Waals surface area contributed by atoms with Crippen LogP contribution in [0.1, 0.15) is 28.3 Å². The first-order chi connectivity index (χ1) is 20.0. The summed E-state index contributed by atoms with van der Waals surface area (Å²) >= 11 is 0. The van der Waals surface area contributed by atoms with E-state index in [4.69, 9.17) is 18.7 Å². The SMILES string of the molecule is CF.COc1cc2c(cc1OC)CN1CCc3cc(OC)c(OP(=O)(c4ccccc4)c4ccccc4)cc3C1C2. The minimum absolute atomic E-state index is 0.167. The van der Waals surface area contributed by atoms with Crippen molar-refractivity contribution in [1.82, 2.24) is 4.90 Å². The van der Waals surface area contributed by atoms with Crippen LogP contribution in [0.2, 0.25) is 0 Å². The molecule has 0 radical (unpaired) electrons. The number of benzene rings is 4. The fourth-order valence-electron chi connectivity index (χ4n) is 5.79. The molecular formula is C33H35FNO5P. The van der Waals surface area contributed by atoms with Gasteiger partial charge in [0.15, 0.2) is 23.0 Å². The largest absolute Gasteiger partial charge is 0.493 e. The number of halogens is 1.